The molecule has 4 unspecified atom stereocenters. The number of ether oxygens (including phenoxy) is 3. The van der Waals surface area contributed by atoms with E-state index in [2.05, 4.69) is 18.1 Å². The lowest BCUT2D eigenvalue weighted by Gasteiger charge is -2.65. The maximum Gasteiger partial charge on any atom is 0.282 e. The zero-order valence-electron chi connectivity index (χ0n) is 21.9. The van der Waals surface area contributed by atoms with Crippen LogP contribution in [0.1, 0.15) is 30.1 Å². The molecular weight excluding hydrogens is 486 g/mol. The van der Waals surface area contributed by atoms with Gasteiger partial charge in [0.1, 0.15) is 11.9 Å². The van der Waals surface area contributed by atoms with E-state index in [9.17, 15) is 15.2 Å². The largest absolute Gasteiger partial charge is 0.497 e. The number of piperidine rings is 3. The molecule has 3 saturated heterocycles. The van der Waals surface area contributed by atoms with Gasteiger partial charge in [0.05, 0.1) is 62.5 Å². The normalized spacial score (nSPS) is 25.1. The van der Waals surface area contributed by atoms with Crippen LogP contribution in [0.5, 0.6) is 17.2 Å². The fraction of sp³-hybridized carbons (Fsp3) is 0.379. The van der Waals surface area contributed by atoms with Gasteiger partial charge >= 0.3 is 0 Å². The first-order chi connectivity index (χ1) is 18.3. The highest BCUT2D eigenvalue weighted by molar-refractivity contribution is 5.84. The van der Waals surface area contributed by atoms with Gasteiger partial charge in [0, 0.05) is 18.0 Å². The summed E-state index contributed by atoms with van der Waals surface area (Å²) in [5.41, 5.74) is 2.05. The minimum absolute atomic E-state index is 0.0289. The number of fused-ring (bicyclic) bond motifs is 4. The number of aliphatic hydroxyl groups is 1. The average Bonchev–Trinajstić information content (AvgIpc) is 2.95. The summed E-state index contributed by atoms with van der Waals surface area (Å²) in [6.45, 7) is 7.37. The summed E-state index contributed by atoms with van der Waals surface area (Å²) in [5, 5.41) is 24.9. The molecule has 3 aliphatic rings. The molecule has 3 fully saturated rings. The maximum atomic E-state index is 12.1. The first-order valence-electron chi connectivity index (χ1n) is 12.7. The molecule has 1 aromatic heterocycles. The van der Waals surface area contributed by atoms with Crippen molar-refractivity contribution in [3.8, 4) is 17.2 Å². The van der Waals surface area contributed by atoms with Crippen molar-refractivity contribution in [2.24, 2.45) is 11.8 Å². The Bertz CT molecular complexity index is 1380. The van der Waals surface area contributed by atoms with Gasteiger partial charge in [0.25, 0.3) is 5.69 Å². The summed E-state index contributed by atoms with van der Waals surface area (Å²) < 4.78 is 16.7. The number of aromatic nitrogens is 1. The number of nitrogens with zero attached hydrogens (tertiary/aromatic N) is 3. The predicted molar refractivity (Wildman–Crippen MR) is 143 cm³/mol. The van der Waals surface area contributed by atoms with Crippen molar-refractivity contribution in [3.05, 3.63) is 83.0 Å². The summed E-state index contributed by atoms with van der Waals surface area (Å²) >= 11 is 0. The molecule has 0 aliphatic carbocycles. The predicted octanol–water partition coefficient (Wildman–Crippen LogP) is 4.98. The van der Waals surface area contributed by atoms with Gasteiger partial charge in [-0.1, -0.05) is 5.92 Å². The lowest BCUT2D eigenvalue weighted by Crippen LogP contribution is -2.65. The topological polar surface area (TPSA) is 104 Å². The number of hydrogen-bond acceptors (Lipinski definition) is 7. The van der Waals surface area contributed by atoms with Crippen molar-refractivity contribution >= 4 is 16.6 Å². The summed E-state index contributed by atoms with van der Waals surface area (Å²) in [6, 6.07) is 10.4. The molecule has 0 saturated carbocycles. The molecule has 6 rings (SSSR count). The Balaban J connectivity index is 1.61. The highest BCUT2D eigenvalue weighted by Crippen LogP contribution is 2.51. The van der Waals surface area contributed by atoms with Crippen LogP contribution in [0, 0.1) is 28.5 Å². The number of methoxy groups -OCH3 is 3. The van der Waals surface area contributed by atoms with Crippen molar-refractivity contribution in [3.63, 3.8) is 0 Å². The van der Waals surface area contributed by atoms with E-state index in [4.69, 9.17) is 14.2 Å². The molecule has 200 valence electrons. The Labute approximate surface area is 222 Å². The van der Waals surface area contributed by atoms with Crippen molar-refractivity contribution in [1.29, 1.82) is 0 Å². The van der Waals surface area contributed by atoms with Gasteiger partial charge in [0.15, 0.2) is 11.5 Å². The highest BCUT2D eigenvalue weighted by Gasteiger charge is 2.49. The Morgan fingerprint density at radius 2 is 1.97 bits per heavy atom. The van der Waals surface area contributed by atoms with E-state index in [1.807, 2.05) is 30.3 Å². The first-order valence-corrected chi connectivity index (χ1v) is 12.7. The number of nitro groups is 1. The molecule has 0 spiro atoms. The zero-order chi connectivity index (χ0) is 27.0. The van der Waals surface area contributed by atoms with Gasteiger partial charge < -0.3 is 23.8 Å². The van der Waals surface area contributed by atoms with Crippen LogP contribution in [0.4, 0.5) is 5.69 Å². The van der Waals surface area contributed by atoms with Crippen LogP contribution < -0.4 is 14.2 Å². The fourth-order valence-electron chi connectivity index (χ4n) is 6.38. The Kier molecular flexibility index (Phi) is 6.98. The Morgan fingerprint density at radius 1 is 1.21 bits per heavy atom. The van der Waals surface area contributed by atoms with Gasteiger partial charge in [-0.3, -0.25) is 15.1 Å². The molecule has 1 N–H and O–H groups in total. The number of nitro benzene ring substituents is 1. The SMILES string of the molecule is C=CC1[CH-][N+]2(Cc3cc(OC)c(OC)cc3[N+](=O)[O-])CCC1CC2[C@H](O)c1ccnc2ccc(OC)cc12. The quantitative estimate of drug-likeness (QED) is 0.140. The van der Waals surface area contributed by atoms with Gasteiger partial charge in [-0.2, -0.15) is 0 Å². The third-order valence-electron chi connectivity index (χ3n) is 8.32. The minimum Gasteiger partial charge on any atom is -0.497 e. The number of pyridine rings is 1. The third-order valence-corrected chi connectivity index (χ3v) is 8.32. The van der Waals surface area contributed by atoms with Gasteiger partial charge in [-0.15, -0.1) is 19.2 Å². The van der Waals surface area contributed by atoms with Gasteiger partial charge in [-0.05, 0) is 48.2 Å². The smallest absolute Gasteiger partial charge is 0.282 e. The number of rotatable bonds is 9. The van der Waals surface area contributed by atoms with Crippen LogP contribution in [0.2, 0.25) is 0 Å². The lowest BCUT2D eigenvalue weighted by atomic mass is 9.71. The van der Waals surface area contributed by atoms with Crippen LogP contribution >= 0.6 is 0 Å². The van der Waals surface area contributed by atoms with E-state index in [1.165, 1.54) is 20.3 Å². The average molecular weight is 520 g/mol. The fourth-order valence-corrected chi connectivity index (χ4v) is 6.38. The van der Waals surface area contributed by atoms with E-state index in [1.54, 1.807) is 19.4 Å². The standard InChI is InChI=1S/C29H33N3O6/c1-5-18-16-32(17-20-13-27(37-3)28(38-4)15-25(20)31(34)35)11-9-19(18)12-26(32)29(33)22-8-10-30-24-7-6-21(36-2)14-23(22)24/h5-8,10,13-16,18-19,26,29,33H,1,9,11-12,17H2,2-4H3/t18?,19?,26?,29-,32?/m1/s1. The lowest BCUT2D eigenvalue weighted by molar-refractivity contribution is -0.958. The summed E-state index contributed by atoms with van der Waals surface area (Å²) in [7, 11) is 4.59. The van der Waals surface area contributed by atoms with E-state index in [0.717, 1.165) is 35.9 Å². The summed E-state index contributed by atoms with van der Waals surface area (Å²) in [5.74, 6) is 1.94. The molecular formula is C29H33N3O6. The van der Waals surface area contributed by atoms with Crippen LogP contribution in [-0.2, 0) is 6.54 Å². The zero-order valence-corrected chi connectivity index (χ0v) is 21.9. The molecule has 9 nitrogen and oxygen atoms in total. The molecule has 38 heavy (non-hydrogen) atoms. The molecule has 3 aromatic rings. The number of quaternary nitrogens is 1. The molecule has 3 aliphatic heterocycles. The molecule has 2 aromatic carbocycles. The van der Waals surface area contributed by atoms with E-state index in [0.29, 0.717) is 39.8 Å². The van der Waals surface area contributed by atoms with Crippen LogP contribution in [0.15, 0.2) is 55.3 Å². The van der Waals surface area contributed by atoms with Crippen molar-refractivity contribution < 1.29 is 28.7 Å². The van der Waals surface area contributed by atoms with Crippen LogP contribution in [0.25, 0.3) is 10.9 Å². The minimum atomic E-state index is -0.823. The van der Waals surface area contributed by atoms with Crippen molar-refractivity contribution in [2.45, 2.75) is 31.5 Å². The second-order valence-corrected chi connectivity index (χ2v) is 10.1. The molecule has 9 heteroatoms. The van der Waals surface area contributed by atoms with E-state index in [-0.39, 0.29) is 22.6 Å². The van der Waals surface area contributed by atoms with Crippen molar-refractivity contribution in [2.75, 3.05) is 27.9 Å². The van der Waals surface area contributed by atoms with E-state index >= 15 is 0 Å². The summed E-state index contributed by atoms with van der Waals surface area (Å²) in [6.07, 6.45) is 4.56. The van der Waals surface area contributed by atoms with Crippen LogP contribution in [-0.4, -0.2) is 53.4 Å². The van der Waals surface area contributed by atoms with Crippen LogP contribution in [0.3, 0.4) is 0 Å². The number of benzene rings is 2. The molecule has 0 radical (unpaired) electrons. The molecule has 5 atom stereocenters. The number of aliphatic hydroxyl groups excluding tert-OH is 1. The summed E-state index contributed by atoms with van der Waals surface area (Å²) in [4.78, 5) is 16.2. The number of hydrogen-bond donors (Lipinski definition) is 1. The third kappa shape index (κ3) is 4.35. The highest BCUT2D eigenvalue weighted by atomic mass is 16.6. The first kappa shape index (κ1) is 25.9. The van der Waals surface area contributed by atoms with E-state index < -0.39 is 6.10 Å². The molecule has 4 heterocycles. The van der Waals surface area contributed by atoms with Crippen molar-refractivity contribution in [1.82, 2.24) is 4.98 Å². The Morgan fingerprint density at radius 3 is 2.66 bits per heavy atom. The maximum absolute atomic E-state index is 12.1. The second-order valence-electron chi connectivity index (χ2n) is 10.1. The molecule has 0 amide bonds. The Hall–Kier alpha value is -3.69. The molecule has 2 bridgehead atoms. The van der Waals surface area contributed by atoms with Gasteiger partial charge in [-0.25, -0.2) is 0 Å². The van der Waals surface area contributed by atoms with Gasteiger partial charge in [0.2, 0.25) is 0 Å². The second kappa shape index (κ2) is 10.2. The monoisotopic (exact) mass is 519 g/mol.